The van der Waals surface area contributed by atoms with Crippen molar-refractivity contribution in [2.45, 2.75) is 32.8 Å². The van der Waals surface area contributed by atoms with Gasteiger partial charge >= 0.3 is 5.97 Å². The number of hydrogen-bond acceptors (Lipinski definition) is 4. The Balaban J connectivity index is 2.80. The third-order valence-corrected chi connectivity index (χ3v) is 2.80. The number of furan rings is 1. The van der Waals surface area contributed by atoms with E-state index in [-0.39, 0.29) is 11.7 Å². The second-order valence-corrected chi connectivity index (χ2v) is 3.72. The molecule has 0 spiro atoms. The summed E-state index contributed by atoms with van der Waals surface area (Å²) in [4.78, 5) is 11.2. The van der Waals surface area contributed by atoms with Gasteiger partial charge in [-0.05, 0) is 18.1 Å². The van der Waals surface area contributed by atoms with Crippen LogP contribution in [0.1, 0.15) is 49.1 Å². The van der Waals surface area contributed by atoms with Crippen molar-refractivity contribution in [3.63, 3.8) is 0 Å². The van der Waals surface area contributed by atoms with Crippen LogP contribution in [0, 0.1) is 5.92 Å². The van der Waals surface area contributed by atoms with Crippen molar-refractivity contribution in [2.75, 3.05) is 7.11 Å². The van der Waals surface area contributed by atoms with Crippen LogP contribution in [-0.4, -0.2) is 18.2 Å². The molecule has 0 saturated heterocycles. The minimum absolute atomic E-state index is 0.127. The van der Waals surface area contributed by atoms with Gasteiger partial charge in [-0.1, -0.05) is 26.7 Å². The first-order valence-electron chi connectivity index (χ1n) is 5.50. The predicted molar refractivity (Wildman–Crippen MR) is 59.1 cm³/mol. The number of esters is 1. The third kappa shape index (κ3) is 2.64. The molecule has 1 rings (SSSR count). The Kier molecular flexibility index (Phi) is 4.55. The van der Waals surface area contributed by atoms with E-state index in [4.69, 9.17) is 4.42 Å². The number of hydrogen-bond donors (Lipinski definition) is 1. The minimum Gasteiger partial charge on any atom is -0.463 e. The highest BCUT2D eigenvalue weighted by atomic mass is 16.5. The molecule has 0 radical (unpaired) electrons. The van der Waals surface area contributed by atoms with E-state index in [1.54, 1.807) is 6.07 Å². The van der Waals surface area contributed by atoms with Gasteiger partial charge in [0.15, 0.2) is 0 Å². The number of carbonyl (C=O) groups excluding carboxylic acids is 1. The maximum atomic E-state index is 11.2. The van der Waals surface area contributed by atoms with Crippen molar-refractivity contribution in [3.05, 3.63) is 23.7 Å². The van der Waals surface area contributed by atoms with Gasteiger partial charge in [-0.2, -0.15) is 0 Å². The molecule has 1 atom stereocenters. The SMILES string of the molecule is CCC(CC)C(O)c1ccc(C(=O)OC)o1. The van der Waals surface area contributed by atoms with Crippen LogP contribution in [-0.2, 0) is 4.74 Å². The fraction of sp³-hybridized carbons (Fsp3) is 0.583. The molecule has 1 unspecified atom stereocenters. The molecule has 0 aliphatic rings. The number of carbonyl (C=O) groups is 1. The van der Waals surface area contributed by atoms with Crippen LogP contribution in [0.2, 0.25) is 0 Å². The summed E-state index contributed by atoms with van der Waals surface area (Å²) in [5, 5.41) is 10.0. The fourth-order valence-electron chi connectivity index (χ4n) is 1.69. The average molecular weight is 226 g/mol. The molecule has 0 bridgehead atoms. The highest BCUT2D eigenvalue weighted by molar-refractivity contribution is 5.86. The van der Waals surface area contributed by atoms with Gasteiger partial charge < -0.3 is 14.3 Å². The fourth-order valence-corrected chi connectivity index (χ4v) is 1.69. The van der Waals surface area contributed by atoms with Crippen molar-refractivity contribution in [1.29, 1.82) is 0 Å². The van der Waals surface area contributed by atoms with E-state index in [2.05, 4.69) is 4.74 Å². The first-order valence-corrected chi connectivity index (χ1v) is 5.50. The van der Waals surface area contributed by atoms with E-state index in [1.807, 2.05) is 13.8 Å². The zero-order chi connectivity index (χ0) is 12.1. The van der Waals surface area contributed by atoms with E-state index in [9.17, 15) is 9.90 Å². The van der Waals surface area contributed by atoms with Gasteiger partial charge in [0, 0.05) is 0 Å². The number of methoxy groups -OCH3 is 1. The quantitative estimate of drug-likeness (QED) is 0.784. The van der Waals surface area contributed by atoms with Crippen molar-refractivity contribution < 1.29 is 19.1 Å². The molecule has 1 heterocycles. The van der Waals surface area contributed by atoms with E-state index >= 15 is 0 Å². The van der Waals surface area contributed by atoms with Crippen LogP contribution in [0.3, 0.4) is 0 Å². The lowest BCUT2D eigenvalue weighted by molar-refractivity contribution is 0.0532. The smallest absolute Gasteiger partial charge is 0.373 e. The molecule has 0 saturated carbocycles. The van der Waals surface area contributed by atoms with Crippen molar-refractivity contribution in [2.24, 2.45) is 5.92 Å². The average Bonchev–Trinajstić information content (AvgIpc) is 2.78. The Bertz CT molecular complexity index is 339. The molecule has 1 N–H and O–H groups in total. The Morgan fingerprint density at radius 1 is 1.44 bits per heavy atom. The first kappa shape index (κ1) is 12.8. The summed E-state index contributed by atoms with van der Waals surface area (Å²) >= 11 is 0. The van der Waals surface area contributed by atoms with E-state index in [1.165, 1.54) is 13.2 Å². The number of rotatable bonds is 5. The Hall–Kier alpha value is -1.29. The highest BCUT2D eigenvalue weighted by Gasteiger charge is 2.22. The monoisotopic (exact) mass is 226 g/mol. The Morgan fingerprint density at radius 2 is 2.06 bits per heavy atom. The zero-order valence-electron chi connectivity index (χ0n) is 9.90. The van der Waals surface area contributed by atoms with Gasteiger partial charge in [-0.25, -0.2) is 4.79 Å². The van der Waals surface area contributed by atoms with Crippen LogP contribution in [0.15, 0.2) is 16.5 Å². The van der Waals surface area contributed by atoms with Gasteiger partial charge in [-0.15, -0.1) is 0 Å². The number of aliphatic hydroxyl groups excluding tert-OH is 1. The molecule has 0 aliphatic carbocycles. The largest absolute Gasteiger partial charge is 0.463 e. The van der Waals surface area contributed by atoms with Crippen LogP contribution >= 0.6 is 0 Å². The van der Waals surface area contributed by atoms with Crippen molar-refractivity contribution in [3.8, 4) is 0 Å². The summed E-state index contributed by atoms with van der Waals surface area (Å²) in [6.45, 7) is 4.03. The maximum absolute atomic E-state index is 11.2. The second-order valence-electron chi connectivity index (χ2n) is 3.72. The van der Waals surface area contributed by atoms with E-state index in [0.29, 0.717) is 5.76 Å². The molecule has 0 fully saturated rings. The van der Waals surface area contributed by atoms with Crippen LogP contribution < -0.4 is 0 Å². The zero-order valence-corrected chi connectivity index (χ0v) is 9.90. The predicted octanol–water partition coefficient (Wildman–Crippen LogP) is 2.54. The van der Waals surface area contributed by atoms with Gasteiger partial charge in [0.05, 0.1) is 7.11 Å². The van der Waals surface area contributed by atoms with Crippen LogP contribution in [0.5, 0.6) is 0 Å². The Labute approximate surface area is 95.2 Å². The number of aliphatic hydroxyl groups is 1. The normalized spacial score (nSPS) is 12.8. The third-order valence-electron chi connectivity index (χ3n) is 2.80. The Morgan fingerprint density at radius 3 is 2.56 bits per heavy atom. The van der Waals surface area contributed by atoms with Crippen LogP contribution in [0.4, 0.5) is 0 Å². The number of ether oxygens (including phenoxy) is 1. The van der Waals surface area contributed by atoms with Gasteiger partial charge in [0.25, 0.3) is 0 Å². The lowest BCUT2D eigenvalue weighted by Gasteiger charge is -2.17. The standard InChI is InChI=1S/C12H18O4/c1-4-8(5-2)11(13)9-6-7-10(16-9)12(14)15-3/h6-8,11,13H,4-5H2,1-3H3. The summed E-state index contributed by atoms with van der Waals surface area (Å²) in [7, 11) is 1.29. The lowest BCUT2D eigenvalue weighted by atomic mass is 9.95. The molecule has 0 aromatic carbocycles. The summed E-state index contributed by atoms with van der Waals surface area (Å²) < 4.78 is 9.79. The molecular weight excluding hydrogens is 208 g/mol. The van der Waals surface area contributed by atoms with E-state index in [0.717, 1.165) is 12.8 Å². The summed E-state index contributed by atoms with van der Waals surface area (Å²) in [6.07, 6.45) is 1.08. The highest BCUT2D eigenvalue weighted by Crippen LogP contribution is 2.28. The topological polar surface area (TPSA) is 59.7 Å². The van der Waals surface area contributed by atoms with Crippen molar-refractivity contribution >= 4 is 5.97 Å². The minimum atomic E-state index is -0.659. The van der Waals surface area contributed by atoms with Crippen LogP contribution in [0.25, 0.3) is 0 Å². The molecular formula is C12H18O4. The molecule has 1 aromatic rings. The first-order chi connectivity index (χ1) is 7.63. The molecule has 90 valence electrons. The summed E-state index contributed by atoms with van der Waals surface area (Å²) in [5.41, 5.74) is 0. The molecule has 0 amide bonds. The van der Waals surface area contributed by atoms with Gasteiger partial charge in [-0.3, -0.25) is 0 Å². The molecule has 4 heteroatoms. The van der Waals surface area contributed by atoms with Gasteiger partial charge in [0.1, 0.15) is 11.9 Å². The molecule has 16 heavy (non-hydrogen) atoms. The second kappa shape index (κ2) is 5.70. The molecule has 1 aromatic heterocycles. The molecule has 4 nitrogen and oxygen atoms in total. The molecule has 0 aliphatic heterocycles. The van der Waals surface area contributed by atoms with Gasteiger partial charge in [0.2, 0.25) is 5.76 Å². The summed E-state index contributed by atoms with van der Waals surface area (Å²) in [5.74, 6) is 0.177. The maximum Gasteiger partial charge on any atom is 0.373 e. The lowest BCUT2D eigenvalue weighted by Crippen LogP contribution is -2.10. The summed E-state index contributed by atoms with van der Waals surface area (Å²) in [6, 6.07) is 3.14. The van der Waals surface area contributed by atoms with Crippen molar-refractivity contribution in [1.82, 2.24) is 0 Å². The van der Waals surface area contributed by atoms with E-state index < -0.39 is 12.1 Å².